The third-order valence-corrected chi connectivity index (χ3v) is 4.50. The molecule has 0 bridgehead atoms. The molecule has 0 N–H and O–H groups in total. The highest BCUT2D eigenvalue weighted by atomic mass is 79.9. The van der Waals surface area contributed by atoms with Gasteiger partial charge in [-0.3, -0.25) is 19.2 Å². The van der Waals surface area contributed by atoms with Gasteiger partial charge in [-0.25, -0.2) is 0 Å². The molecular weight excluding hydrogens is 358 g/mol. The highest BCUT2D eigenvalue weighted by molar-refractivity contribution is 9.10. The molecule has 0 atom stereocenters. The van der Waals surface area contributed by atoms with Crippen LogP contribution >= 0.6 is 15.9 Å². The Morgan fingerprint density at radius 1 is 1.17 bits per heavy atom. The highest BCUT2D eigenvalue weighted by Crippen LogP contribution is 2.35. The van der Waals surface area contributed by atoms with Crippen molar-refractivity contribution in [2.75, 3.05) is 4.90 Å². The lowest BCUT2D eigenvalue weighted by Crippen LogP contribution is -2.46. The van der Waals surface area contributed by atoms with Gasteiger partial charge in [-0.2, -0.15) is 5.10 Å². The van der Waals surface area contributed by atoms with Crippen LogP contribution in [0.15, 0.2) is 34.9 Å². The standard InChI is InChI=1S/C17H18BrN3O2/c1-17(2)8-14(22)21(15(23)9-17)12-6-4-5-11(7-12)16-13(18)10-20(3)19-16/h4-7,10H,8-9H2,1-3H3. The van der Waals surface area contributed by atoms with Crippen molar-refractivity contribution in [1.82, 2.24) is 9.78 Å². The van der Waals surface area contributed by atoms with Gasteiger partial charge in [0.15, 0.2) is 0 Å². The molecule has 6 heteroatoms. The number of amides is 2. The van der Waals surface area contributed by atoms with Gasteiger partial charge in [0.1, 0.15) is 5.69 Å². The molecule has 5 nitrogen and oxygen atoms in total. The van der Waals surface area contributed by atoms with Crippen molar-refractivity contribution in [3.63, 3.8) is 0 Å². The summed E-state index contributed by atoms with van der Waals surface area (Å²) in [4.78, 5) is 26.1. The van der Waals surface area contributed by atoms with Crippen LogP contribution in [-0.2, 0) is 16.6 Å². The van der Waals surface area contributed by atoms with Crippen LogP contribution in [0.1, 0.15) is 26.7 Å². The van der Waals surface area contributed by atoms with Gasteiger partial charge in [-0.1, -0.05) is 26.0 Å². The predicted molar refractivity (Wildman–Crippen MR) is 91.9 cm³/mol. The van der Waals surface area contributed by atoms with E-state index in [1.165, 1.54) is 4.90 Å². The molecule has 0 aliphatic carbocycles. The van der Waals surface area contributed by atoms with Crippen molar-refractivity contribution >= 4 is 33.4 Å². The number of hydrogen-bond donors (Lipinski definition) is 0. The molecule has 0 saturated carbocycles. The van der Waals surface area contributed by atoms with Gasteiger partial charge in [0.05, 0.1) is 10.2 Å². The average Bonchev–Trinajstić information content (AvgIpc) is 2.76. The first-order valence-corrected chi connectivity index (χ1v) is 8.21. The number of nitrogens with zero attached hydrogens (tertiary/aromatic N) is 3. The van der Waals surface area contributed by atoms with Crippen molar-refractivity contribution in [2.45, 2.75) is 26.7 Å². The maximum Gasteiger partial charge on any atom is 0.234 e. The minimum atomic E-state index is -0.272. The molecule has 120 valence electrons. The van der Waals surface area contributed by atoms with Gasteiger partial charge in [0, 0.05) is 31.6 Å². The summed E-state index contributed by atoms with van der Waals surface area (Å²) in [6, 6.07) is 7.38. The Bertz CT molecular complexity index is 775. The summed E-state index contributed by atoms with van der Waals surface area (Å²) in [5.74, 6) is -0.299. The van der Waals surface area contributed by atoms with E-state index in [4.69, 9.17) is 0 Å². The van der Waals surface area contributed by atoms with E-state index in [1.54, 1.807) is 10.7 Å². The molecule has 2 amide bonds. The second-order valence-electron chi connectivity index (χ2n) is 6.69. The molecule has 1 saturated heterocycles. The number of halogens is 1. The van der Waals surface area contributed by atoms with E-state index in [-0.39, 0.29) is 17.2 Å². The summed E-state index contributed by atoms with van der Waals surface area (Å²) in [6.45, 7) is 3.89. The summed E-state index contributed by atoms with van der Waals surface area (Å²) >= 11 is 3.48. The number of rotatable bonds is 2. The summed E-state index contributed by atoms with van der Waals surface area (Å²) in [6.07, 6.45) is 2.61. The molecule has 0 spiro atoms. The van der Waals surface area contributed by atoms with Crippen molar-refractivity contribution < 1.29 is 9.59 Å². The van der Waals surface area contributed by atoms with Crippen LogP contribution in [0.4, 0.5) is 5.69 Å². The molecule has 3 rings (SSSR count). The minimum Gasteiger partial charge on any atom is -0.274 e. The number of hydrogen-bond acceptors (Lipinski definition) is 3. The van der Waals surface area contributed by atoms with E-state index >= 15 is 0 Å². The number of imide groups is 1. The van der Waals surface area contributed by atoms with Crippen molar-refractivity contribution in [3.8, 4) is 11.3 Å². The Labute approximate surface area is 143 Å². The first kappa shape index (κ1) is 15.9. The molecule has 0 unspecified atom stereocenters. The first-order chi connectivity index (χ1) is 10.8. The van der Waals surface area contributed by atoms with E-state index in [2.05, 4.69) is 21.0 Å². The van der Waals surface area contributed by atoms with E-state index in [0.29, 0.717) is 18.5 Å². The Morgan fingerprint density at radius 3 is 2.39 bits per heavy atom. The molecule has 0 radical (unpaired) electrons. The molecule has 2 aromatic rings. The third kappa shape index (κ3) is 3.08. The zero-order valence-electron chi connectivity index (χ0n) is 13.3. The number of benzene rings is 1. The summed E-state index contributed by atoms with van der Waals surface area (Å²) < 4.78 is 2.58. The molecule has 1 aromatic heterocycles. The predicted octanol–water partition coefficient (Wildman–Crippen LogP) is 3.53. The summed E-state index contributed by atoms with van der Waals surface area (Å²) in [5.41, 5.74) is 1.98. The molecular formula is C17H18BrN3O2. The average molecular weight is 376 g/mol. The van der Waals surface area contributed by atoms with Crippen LogP contribution in [0, 0.1) is 5.41 Å². The van der Waals surface area contributed by atoms with E-state index in [1.807, 2.05) is 45.3 Å². The zero-order valence-corrected chi connectivity index (χ0v) is 14.9. The highest BCUT2D eigenvalue weighted by Gasteiger charge is 2.38. The number of aromatic nitrogens is 2. The molecule has 1 aliphatic rings. The summed E-state index contributed by atoms with van der Waals surface area (Å²) in [7, 11) is 1.85. The van der Waals surface area contributed by atoms with Crippen molar-refractivity contribution in [3.05, 3.63) is 34.9 Å². The lowest BCUT2D eigenvalue weighted by molar-refractivity contribution is -0.132. The van der Waals surface area contributed by atoms with Gasteiger partial charge >= 0.3 is 0 Å². The van der Waals surface area contributed by atoms with Crippen LogP contribution in [-0.4, -0.2) is 21.6 Å². The topological polar surface area (TPSA) is 55.2 Å². The first-order valence-electron chi connectivity index (χ1n) is 7.42. The smallest absolute Gasteiger partial charge is 0.234 e. The molecule has 1 aliphatic heterocycles. The molecule has 1 fully saturated rings. The van der Waals surface area contributed by atoms with E-state index in [0.717, 1.165) is 15.7 Å². The maximum absolute atomic E-state index is 12.4. The second kappa shape index (κ2) is 5.60. The molecule has 23 heavy (non-hydrogen) atoms. The van der Waals surface area contributed by atoms with Crippen LogP contribution in [0.3, 0.4) is 0 Å². The molecule has 2 heterocycles. The normalized spacial score (nSPS) is 17.7. The van der Waals surface area contributed by atoms with Crippen LogP contribution in [0.5, 0.6) is 0 Å². The van der Waals surface area contributed by atoms with Crippen molar-refractivity contribution in [1.29, 1.82) is 0 Å². The van der Waals surface area contributed by atoms with Gasteiger partial charge in [-0.15, -0.1) is 0 Å². The maximum atomic E-state index is 12.4. The summed E-state index contributed by atoms with van der Waals surface area (Å²) in [5, 5.41) is 4.41. The fourth-order valence-electron chi connectivity index (χ4n) is 2.91. The van der Waals surface area contributed by atoms with Crippen LogP contribution in [0.2, 0.25) is 0 Å². The third-order valence-electron chi connectivity index (χ3n) is 3.92. The van der Waals surface area contributed by atoms with Crippen molar-refractivity contribution in [2.24, 2.45) is 12.5 Å². The number of aryl methyl sites for hydroxylation is 1. The number of anilines is 1. The monoisotopic (exact) mass is 375 g/mol. The van der Waals surface area contributed by atoms with Gasteiger partial charge < -0.3 is 0 Å². The van der Waals surface area contributed by atoms with Gasteiger partial charge in [0.2, 0.25) is 11.8 Å². The van der Waals surface area contributed by atoms with E-state index < -0.39 is 0 Å². The van der Waals surface area contributed by atoms with Crippen LogP contribution in [0.25, 0.3) is 11.3 Å². The Kier molecular flexibility index (Phi) is 3.88. The Morgan fingerprint density at radius 2 is 1.83 bits per heavy atom. The van der Waals surface area contributed by atoms with Crippen LogP contribution < -0.4 is 4.90 Å². The van der Waals surface area contributed by atoms with Gasteiger partial charge in [0.25, 0.3) is 0 Å². The zero-order chi connectivity index (χ0) is 16.8. The second-order valence-corrected chi connectivity index (χ2v) is 7.54. The quantitative estimate of drug-likeness (QED) is 0.754. The number of piperidine rings is 1. The Balaban J connectivity index is 1.99. The van der Waals surface area contributed by atoms with Gasteiger partial charge in [-0.05, 0) is 33.5 Å². The largest absolute Gasteiger partial charge is 0.274 e. The minimum absolute atomic E-state index is 0.150. The lowest BCUT2D eigenvalue weighted by Gasteiger charge is -2.34. The fraction of sp³-hybridized carbons (Fsp3) is 0.353. The van der Waals surface area contributed by atoms with E-state index in [9.17, 15) is 9.59 Å². The Hall–Kier alpha value is -1.95. The SMILES string of the molecule is Cn1cc(Br)c(-c2cccc(N3C(=O)CC(C)(C)CC3=O)c2)n1. The molecule has 1 aromatic carbocycles. The lowest BCUT2D eigenvalue weighted by atomic mass is 9.81. The fourth-order valence-corrected chi connectivity index (χ4v) is 3.52. The number of carbonyl (C=O) groups is 2. The number of carbonyl (C=O) groups excluding carboxylic acids is 2.